The molecule has 3 N–H and O–H groups in total. The second kappa shape index (κ2) is 6.56. The van der Waals surface area contributed by atoms with E-state index < -0.39 is 4.92 Å². The fourth-order valence-corrected chi connectivity index (χ4v) is 2.87. The number of nitrogens with one attached hydrogen (secondary N) is 1. The first-order chi connectivity index (χ1) is 9.99. The second-order valence-electron chi connectivity index (χ2n) is 5.76. The summed E-state index contributed by atoms with van der Waals surface area (Å²) >= 11 is 0. The third-order valence-electron chi connectivity index (χ3n) is 4.31. The van der Waals surface area contributed by atoms with Crippen molar-refractivity contribution >= 4 is 17.3 Å². The number of hydrogen-bond donors (Lipinski definition) is 2. The summed E-state index contributed by atoms with van der Waals surface area (Å²) in [5, 5.41) is 13.6. The van der Waals surface area contributed by atoms with Crippen LogP contribution in [0.3, 0.4) is 0 Å². The molecule has 0 heterocycles. The fraction of sp³-hybridized carbons (Fsp3) is 0.533. The zero-order chi connectivity index (χ0) is 15.4. The average molecular weight is 291 g/mol. The molecular weight excluding hydrogens is 270 g/mol. The first kappa shape index (κ1) is 15.3. The van der Waals surface area contributed by atoms with Gasteiger partial charge in [-0.2, -0.15) is 0 Å². The Balaban J connectivity index is 2.02. The minimum absolute atomic E-state index is 0.125. The molecule has 1 aromatic carbocycles. The topological polar surface area (TPSA) is 98.3 Å². The molecule has 1 saturated carbocycles. The Hall–Kier alpha value is -2.11. The van der Waals surface area contributed by atoms with Crippen LogP contribution < -0.4 is 11.1 Å². The van der Waals surface area contributed by atoms with Crippen molar-refractivity contribution in [2.24, 2.45) is 11.8 Å². The standard InChI is InChI=1S/C15H21N3O3/c1-10-4-2-3-5-11(10)9-17-15(19)13-8-12(18(20)21)6-7-14(13)16/h6-8,10-11H,2-5,9,16H2,1H3,(H,17,19). The zero-order valence-electron chi connectivity index (χ0n) is 12.2. The van der Waals surface area contributed by atoms with E-state index in [9.17, 15) is 14.9 Å². The number of nitro benzene ring substituents is 1. The summed E-state index contributed by atoms with van der Waals surface area (Å²) < 4.78 is 0. The molecule has 0 spiro atoms. The maximum atomic E-state index is 12.2. The number of anilines is 1. The van der Waals surface area contributed by atoms with Crippen molar-refractivity contribution in [3.63, 3.8) is 0 Å². The second-order valence-corrected chi connectivity index (χ2v) is 5.76. The van der Waals surface area contributed by atoms with Crippen molar-refractivity contribution in [1.82, 2.24) is 5.32 Å². The Labute approximate surface area is 123 Å². The Morgan fingerprint density at radius 2 is 2.14 bits per heavy atom. The summed E-state index contributed by atoms with van der Waals surface area (Å²) in [6.45, 7) is 2.81. The third kappa shape index (κ3) is 3.71. The van der Waals surface area contributed by atoms with Gasteiger partial charge >= 0.3 is 0 Å². The number of nitro groups is 1. The highest BCUT2D eigenvalue weighted by Crippen LogP contribution is 2.29. The van der Waals surface area contributed by atoms with E-state index in [2.05, 4.69) is 12.2 Å². The highest BCUT2D eigenvalue weighted by atomic mass is 16.6. The molecule has 0 aromatic heterocycles. The highest BCUT2D eigenvalue weighted by molar-refractivity contribution is 5.99. The quantitative estimate of drug-likeness (QED) is 0.506. The van der Waals surface area contributed by atoms with Gasteiger partial charge in [-0.25, -0.2) is 0 Å². The molecule has 1 amide bonds. The van der Waals surface area contributed by atoms with Gasteiger partial charge in [0.1, 0.15) is 0 Å². The maximum absolute atomic E-state index is 12.2. The highest BCUT2D eigenvalue weighted by Gasteiger charge is 2.22. The summed E-state index contributed by atoms with van der Waals surface area (Å²) in [6.07, 6.45) is 4.76. The van der Waals surface area contributed by atoms with Gasteiger partial charge in [0.25, 0.3) is 11.6 Å². The van der Waals surface area contributed by atoms with Crippen LogP contribution in [-0.2, 0) is 0 Å². The van der Waals surface area contributed by atoms with Crippen molar-refractivity contribution in [1.29, 1.82) is 0 Å². The summed E-state index contributed by atoms with van der Waals surface area (Å²) in [5.41, 5.74) is 6.05. The summed E-state index contributed by atoms with van der Waals surface area (Å²) in [7, 11) is 0. The predicted molar refractivity (Wildman–Crippen MR) is 81.0 cm³/mol. The van der Waals surface area contributed by atoms with Gasteiger partial charge in [-0.05, 0) is 24.3 Å². The zero-order valence-corrected chi connectivity index (χ0v) is 12.2. The van der Waals surface area contributed by atoms with Crippen LogP contribution in [0.4, 0.5) is 11.4 Å². The number of nitrogens with zero attached hydrogens (tertiary/aromatic N) is 1. The molecule has 0 bridgehead atoms. The minimum Gasteiger partial charge on any atom is -0.398 e. The molecule has 1 aliphatic carbocycles. The SMILES string of the molecule is CC1CCCCC1CNC(=O)c1cc([N+](=O)[O-])ccc1N. The summed E-state index contributed by atoms with van der Waals surface area (Å²) in [6, 6.07) is 3.93. The van der Waals surface area contributed by atoms with Gasteiger partial charge in [0.2, 0.25) is 0 Å². The lowest BCUT2D eigenvalue weighted by Gasteiger charge is -2.28. The van der Waals surface area contributed by atoms with Gasteiger partial charge in [-0.1, -0.05) is 26.2 Å². The van der Waals surface area contributed by atoms with Crippen molar-refractivity contribution in [3.8, 4) is 0 Å². The van der Waals surface area contributed by atoms with E-state index in [0.29, 0.717) is 18.4 Å². The van der Waals surface area contributed by atoms with Crippen LogP contribution in [-0.4, -0.2) is 17.4 Å². The number of benzene rings is 1. The van der Waals surface area contributed by atoms with Crippen molar-refractivity contribution < 1.29 is 9.72 Å². The molecule has 0 saturated heterocycles. The van der Waals surface area contributed by atoms with Crippen LogP contribution >= 0.6 is 0 Å². The number of rotatable bonds is 4. The molecule has 0 radical (unpaired) electrons. The normalized spacial score (nSPS) is 21.8. The molecule has 1 fully saturated rings. The van der Waals surface area contributed by atoms with E-state index >= 15 is 0 Å². The summed E-state index contributed by atoms with van der Waals surface area (Å²) in [5.74, 6) is 0.734. The van der Waals surface area contributed by atoms with Crippen molar-refractivity contribution in [3.05, 3.63) is 33.9 Å². The molecule has 0 aliphatic heterocycles. The van der Waals surface area contributed by atoms with E-state index in [1.807, 2.05) is 0 Å². The number of hydrogen-bond acceptors (Lipinski definition) is 4. The van der Waals surface area contributed by atoms with Crippen molar-refractivity contribution in [2.45, 2.75) is 32.6 Å². The number of carbonyl (C=O) groups is 1. The molecule has 2 atom stereocenters. The monoisotopic (exact) mass is 291 g/mol. The van der Waals surface area contributed by atoms with Gasteiger partial charge in [0.05, 0.1) is 10.5 Å². The van der Waals surface area contributed by atoms with Gasteiger partial charge in [-0.15, -0.1) is 0 Å². The molecule has 21 heavy (non-hydrogen) atoms. The van der Waals surface area contributed by atoms with E-state index in [0.717, 1.165) is 6.42 Å². The third-order valence-corrected chi connectivity index (χ3v) is 4.31. The van der Waals surface area contributed by atoms with Crippen LogP contribution in [0.25, 0.3) is 0 Å². The lowest BCUT2D eigenvalue weighted by Crippen LogP contribution is -2.33. The predicted octanol–water partition coefficient (Wildman–Crippen LogP) is 2.73. The van der Waals surface area contributed by atoms with Crippen LogP contribution in [0, 0.1) is 22.0 Å². The van der Waals surface area contributed by atoms with Crippen molar-refractivity contribution in [2.75, 3.05) is 12.3 Å². The van der Waals surface area contributed by atoms with E-state index in [1.165, 1.54) is 37.5 Å². The van der Waals surface area contributed by atoms with E-state index in [-0.39, 0.29) is 22.8 Å². The van der Waals surface area contributed by atoms with Gasteiger partial charge in [0.15, 0.2) is 0 Å². The van der Waals surface area contributed by atoms with Gasteiger partial charge in [-0.3, -0.25) is 14.9 Å². The Morgan fingerprint density at radius 3 is 2.81 bits per heavy atom. The molecule has 2 unspecified atom stereocenters. The molecule has 1 aliphatic rings. The lowest BCUT2D eigenvalue weighted by molar-refractivity contribution is -0.384. The number of nitrogen functional groups attached to an aromatic ring is 1. The smallest absolute Gasteiger partial charge is 0.270 e. The Bertz CT molecular complexity index is 545. The molecular formula is C15H21N3O3. The number of carbonyl (C=O) groups excluding carboxylic acids is 1. The Kier molecular flexibility index (Phi) is 4.77. The first-order valence-electron chi connectivity index (χ1n) is 7.31. The minimum atomic E-state index is -0.528. The molecule has 6 nitrogen and oxygen atoms in total. The number of non-ortho nitro benzene ring substituents is 1. The van der Waals surface area contributed by atoms with E-state index in [4.69, 9.17) is 5.73 Å². The van der Waals surface area contributed by atoms with Crippen LogP contribution in [0.2, 0.25) is 0 Å². The summed E-state index contributed by atoms with van der Waals surface area (Å²) in [4.78, 5) is 22.4. The Morgan fingerprint density at radius 1 is 1.43 bits per heavy atom. The first-order valence-corrected chi connectivity index (χ1v) is 7.31. The van der Waals surface area contributed by atoms with Crippen LogP contribution in [0.1, 0.15) is 43.0 Å². The molecule has 6 heteroatoms. The number of amides is 1. The molecule has 2 rings (SSSR count). The average Bonchev–Trinajstić information content (AvgIpc) is 2.46. The van der Waals surface area contributed by atoms with Gasteiger partial charge < -0.3 is 11.1 Å². The van der Waals surface area contributed by atoms with E-state index in [1.54, 1.807) is 0 Å². The largest absolute Gasteiger partial charge is 0.398 e. The van der Waals surface area contributed by atoms with Crippen LogP contribution in [0.15, 0.2) is 18.2 Å². The lowest BCUT2D eigenvalue weighted by atomic mass is 9.80. The fourth-order valence-electron chi connectivity index (χ4n) is 2.87. The van der Waals surface area contributed by atoms with Gasteiger partial charge in [0, 0.05) is 24.4 Å². The number of nitrogens with two attached hydrogens (primary N) is 1. The van der Waals surface area contributed by atoms with Crippen LogP contribution in [0.5, 0.6) is 0 Å². The molecule has 114 valence electrons. The molecule has 1 aromatic rings. The maximum Gasteiger partial charge on any atom is 0.270 e.